The summed E-state index contributed by atoms with van der Waals surface area (Å²) in [6.07, 6.45) is 1.96. The molecule has 6 heteroatoms. The van der Waals surface area contributed by atoms with Crippen molar-refractivity contribution in [1.29, 1.82) is 0 Å². The topological polar surface area (TPSA) is 74.2 Å². The summed E-state index contributed by atoms with van der Waals surface area (Å²) < 4.78 is 10.9. The van der Waals surface area contributed by atoms with Gasteiger partial charge in [-0.15, -0.1) is 0 Å². The van der Waals surface area contributed by atoms with Crippen LogP contribution in [-0.4, -0.2) is 16.7 Å². The van der Waals surface area contributed by atoms with Gasteiger partial charge in [-0.2, -0.15) is 4.98 Å². The van der Waals surface area contributed by atoms with E-state index in [1.165, 1.54) is 0 Å². The van der Waals surface area contributed by atoms with Gasteiger partial charge in [0.1, 0.15) is 12.4 Å². The smallest absolute Gasteiger partial charge is 0.244 e. The molecule has 0 saturated heterocycles. The van der Waals surface area contributed by atoms with Crippen molar-refractivity contribution in [3.05, 3.63) is 40.5 Å². The third-order valence-corrected chi connectivity index (χ3v) is 3.65. The van der Waals surface area contributed by atoms with Crippen molar-refractivity contribution in [2.75, 3.05) is 6.61 Å². The van der Waals surface area contributed by atoms with E-state index in [4.69, 9.17) is 26.6 Å². The second-order valence-electron chi connectivity index (χ2n) is 5.37. The lowest BCUT2D eigenvalue weighted by Crippen LogP contribution is -2.17. The highest BCUT2D eigenvalue weighted by Gasteiger charge is 2.21. The predicted octanol–water partition coefficient (Wildman–Crippen LogP) is 3.31. The van der Waals surface area contributed by atoms with E-state index in [1.54, 1.807) is 6.07 Å². The van der Waals surface area contributed by atoms with E-state index in [9.17, 15) is 0 Å². The van der Waals surface area contributed by atoms with E-state index in [2.05, 4.69) is 10.1 Å². The molecule has 5 nitrogen and oxygen atoms in total. The van der Waals surface area contributed by atoms with E-state index in [-0.39, 0.29) is 12.0 Å². The Morgan fingerprint density at radius 2 is 2.14 bits per heavy atom. The molecule has 3 rings (SSSR count). The lowest BCUT2D eigenvalue weighted by molar-refractivity contribution is 0.322. The molecule has 1 aromatic heterocycles. The van der Waals surface area contributed by atoms with Crippen molar-refractivity contribution >= 4 is 23.3 Å². The lowest BCUT2D eigenvalue weighted by atomic mass is 10.1. The zero-order valence-electron chi connectivity index (χ0n) is 11.8. The summed E-state index contributed by atoms with van der Waals surface area (Å²) in [5, 5.41) is 4.65. The van der Waals surface area contributed by atoms with Crippen LogP contribution in [0.3, 0.4) is 0 Å². The van der Waals surface area contributed by atoms with Crippen LogP contribution in [0.4, 0.5) is 0 Å². The number of hydrogen-bond acceptors (Lipinski definition) is 5. The highest BCUT2D eigenvalue weighted by Crippen LogP contribution is 2.32. The first-order chi connectivity index (χ1) is 10.0. The van der Waals surface area contributed by atoms with Crippen LogP contribution in [0.1, 0.15) is 37.2 Å². The van der Waals surface area contributed by atoms with Crippen LogP contribution in [-0.2, 0) is 0 Å². The van der Waals surface area contributed by atoms with Gasteiger partial charge < -0.3 is 15.0 Å². The molecule has 0 radical (unpaired) electrons. The van der Waals surface area contributed by atoms with E-state index >= 15 is 0 Å². The molecule has 0 fully saturated rings. The highest BCUT2D eigenvalue weighted by atomic mass is 35.5. The van der Waals surface area contributed by atoms with Gasteiger partial charge in [0.15, 0.2) is 0 Å². The minimum absolute atomic E-state index is 0.231. The number of benzene rings is 1. The first kappa shape index (κ1) is 14.1. The average molecular weight is 306 g/mol. The van der Waals surface area contributed by atoms with Gasteiger partial charge in [0.2, 0.25) is 11.7 Å². The Morgan fingerprint density at radius 1 is 1.33 bits per heavy atom. The van der Waals surface area contributed by atoms with E-state index in [0.717, 1.165) is 16.9 Å². The molecule has 0 amide bonds. The Kier molecular flexibility index (Phi) is 3.69. The normalized spacial score (nSPS) is 15.4. The molecule has 1 unspecified atom stereocenters. The quantitative estimate of drug-likeness (QED) is 0.941. The van der Waals surface area contributed by atoms with Gasteiger partial charge in [0.25, 0.3) is 0 Å². The molecule has 2 N–H and O–H groups in total. The Hall–Kier alpha value is -1.85. The molecule has 0 saturated carbocycles. The summed E-state index contributed by atoms with van der Waals surface area (Å²) in [6, 6.07) is 5.23. The van der Waals surface area contributed by atoms with Crippen molar-refractivity contribution in [1.82, 2.24) is 10.1 Å². The van der Waals surface area contributed by atoms with Gasteiger partial charge in [-0.25, -0.2) is 0 Å². The van der Waals surface area contributed by atoms with Gasteiger partial charge in [0.05, 0.1) is 6.04 Å². The summed E-state index contributed by atoms with van der Waals surface area (Å²) in [5.41, 5.74) is 7.76. The number of ether oxygens (including phenoxy) is 1. The Balaban J connectivity index is 1.91. The number of rotatable bonds is 3. The van der Waals surface area contributed by atoms with Crippen LogP contribution in [0.5, 0.6) is 5.75 Å². The molecule has 1 aliphatic rings. The summed E-state index contributed by atoms with van der Waals surface area (Å²) in [6.45, 7) is 4.41. The maximum Gasteiger partial charge on any atom is 0.244 e. The fourth-order valence-electron chi connectivity index (χ4n) is 2.06. The molecule has 1 aliphatic heterocycles. The minimum Gasteiger partial charge on any atom is -0.488 e. The van der Waals surface area contributed by atoms with Crippen LogP contribution in [0.25, 0.3) is 11.6 Å². The fraction of sp³-hybridized carbons (Fsp3) is 0.333. The molecule has 110 valence electrons. The average Bonchev–Trinajstić information content (AvgIpc) is 2.95. The van der Waals surface area contributed by atoms with Crippen molar-refractivity contribution < 1.29 is 9.26 Å². The molecule has 21 heavy (non-hydrogen) atoms. The van der Waals surface area contributed by atoms with Crippen molar-refractivity contribution in [3.63, 3.8) is 0 Å². The number of nitrogens with two attached hydrogens (primary N) is 1. The molecule has 1 aromatic carbocycles. The van der Waals surface area contributed by atoms with Crippen LogP contribution >= 0.6 is 11.6 Å². The largest absolute Gasteiger partial charge is 0.488 e. The van der Waals surface area contributed by atoms with E-state index < -0.39 is 0 Å². The number of nitrogens with zero attached hydrogens (tertiary/aromatic N) is 2. The maximum absolute atomic E-state index is 6.01. The highest BCUT2D eigenvalue weighted by molar-refractivity contribution is 6.30. The predicted molar refractivity (Wildman–Crippen MR) is 80.9 cm³/mol. The zero-order valence-corrected chi connectivity index (χ0v) is 12.6. The molecular weight excluding hydrogens is 290 g/mol. The third kappa shape index (κ3) is 2.80. The van der Waals surface area contributed by atoms with E-state index in [0.29, 0.717) is 23.3 Å². The van der Waals surface area contributed by atoms with Crippen molar-refractivity contribution in [2.24, 2.45) is 11.7 Å². The minimum atomic E-state index is -0.266. The second kappa shape index (κ2) is 5.50. The standard InChI is InChI=1S/C15H16ClN3O2/c1-8(2)13(17)15-18-14(19-21-15)10-5-9-6-11(16)3-4-12(9)20-7-10/h3-6,8,13H,7,17H2,1-2H3. The maximum atomic E-state index is 6.01. The Bertz CT molecular complexity index is 694. The van der Waals surface area contributed by atoms with E-state index in [1.807, 2.05) is 32.1 Å². The monoisotopic (exact) mass is 305 g/mol. The molecular formula is C15H16ClN3O2. The molecule has 1 atom stereocenters. The van der Waals surface area contributed by atoms with Crippen LogP contribution in [0.2, 0.25) is 5.02 Å². The summed E-state index contributed by atoms with van der Waals surface area (Å²) in [7, 11) is 0. The Labute approximate surface area is 127 Å². The van der Waals surface area contributed by atoms with Gasteiger partial charge in [-0.3, -0.25) is 0 Å². The number of halogens is 1. The van der Waals surface area contributed by atoms with Crippen molar-refractivity contribution in [2.45, 2.75) is 19.9 Å². The lowest BCUT2D eigenvalue weighted by Gasteiger charge is -2.16. The third-order valence-electron chi connectivity index (χ3n) is 3.42. The zero-order chi connectivity index (χ0) is 15.0. The van der Waals surface area contributed by atoms with Crippen molar-refractivity contribution in [3.8, 4) is 5.75 Å². The second-order valence-corrected chi connectivity index (χ2v) is 5.80. The molecule has 0 aliphatic carbocycles. The summed E-state index contributed by atoms with van der Waals surface area (Å²) in [5.74, 6) is 1.98. The first-order valence-electron chi connectivity index (χ1n) is 6.77. The van der Waals surface area contributed by atoms with Crippen LogP contribution < -0.4 is 10.5 Å². The molecule has 0 spiro atoms. The van der Waals surface area contributed by atoms with Crippen LogP contribution in [0, 0.1) is 5.92 Å². The molecule has 0 bridgehead atoms. The van der Waals surface area contributed by atoms with Gasteiger partial charge in [0, 0.05) is 16.2 Å². The number of fused-ring (bicyclic) bond motifs is 1. The fourth-order valence-corrected chi connectivity index (χ4v) is 2.24. The van der Waals surface area contributed by atoms with Gasteiger partial charge in [-0.05, 0) is 30.2 Å². The number of hydrogen-bond donors (Lipinski definition) is 1. The SMILES string of the molecule is CC(C)C(N)c1nc(C2=Cc3cc(Cl)ccc3OC2)no1. The van der Waals surface area contributed by atoms with Crippen LogP contribution in [0.15, 0.2) is 22.7 Å². The summed E-state index contributed by atoms with van der Waals surface area (Å²) in [4.78, 5) is 4.37. The molecule has 2 aromatic rings. The Morgan fingerprint density at radius 3 is 2.90 bits per heavy atom. The number of aromatic nitrogens is 2. The van der Waals surface area contributed by atoms with Gasteiger partial charge >= 0.3 is 0 Å². The summed E-state index contributed by atoms with van der Waals surface area (Å²) >= 11 is 6.00. The first-order valence-corrected chi connectivity index (χ1v) is 7.15. The molecule has 2 heterocycles. The van der Waals surface area contributed by atoms with Gasteiger partial charge in [-0.1, -0.05) is 30.6 Å².